The van der Waals surface area contributed by atoms with Crippen LogP contribution >= 0.6 is 11.3 Å². The smallest absolute Gasteiger partial charge is 0.311 e. The first-order chi connectivity index (χ1) is 15.6. The summed E-state index contributed by atoms with van der Waals surface area (Å²) in [5.74, 6) is -0.346. The van der Waals surface area contributed by atoms with Crippen LogP contribution < -0.4 is 9.77 Å². The number of thiazole rings is 1. The first-order valence-electron chi connectivity index (χ1n) is 10.5. The van der Waals surface area contributed by atoms with E-state index in [1.165, 1.54) is 0 Å². The van der Waals surface area contributed by atoms with Gasteiger partial charge >= 0.3 is 4.87 Å². The molecule has 2 aliphatic heterocycles. The molecule has 1 saturated heterocycles. The van der Waals surface area contributed by atoms with E-state index in [9.17, 15) is 14.7 Å². The van der Waals surface area contributed by atoms with E-state index in [0.29, 0.717) is 18.0 Å². The van der Waals surface area contributed by atoms with Gasteiger partial charge in [0, 0.05) is 49.2 Å². The predicted octanol–water partition coefficient (Wildman–Crippen LogP) is 3.22. The van der Waals surface area contributed by atoms with Crippen molar-refractivity contribution < 1.29 is 9.90 Å². The number of para-hydroxylation sites is 2. The van der Waals surface area contributed by atoms with Crippen molar-refractivity contribution in [1.29, 1.82) is 0 Å². The van der Waals surface area contributed by atoms with Gasteiger partial charge in [-0.3, -0.25) is 19.1 Å². The third kappa shape index (κ3) is 3.85. The Bertz CT molecular complexity index is 1270. The van der Waals surface area contributed by atoms with E-state index in [2.05, 4.69) is 22.0 Å². The lowest BCUT2D eigenvalue weighted by Crippen LogP contribution is -2.49. The molecule has 0 atom stereocenters. The van der Waals surface area contributed by atoms with Gasteiger partial charge in [-0.05, 0) is 24.3 Å². The molecule has 3 aromatic rings. The fraction of sp³-hybridized carbons (Fsp3) is 0.208. The second-order valence-electron chi connectivity index (χ2n) is 7.72. The maximum Gasteiger partial charge on any atom is 0.311 e. The number of aromatic nitrogens is 1. The van der Waals surface area contributed by atoms with Crippen LogP contribution in [-0.2, 0) is 11.3 Å². The Morgan fingerprint density at radius 1 is 1.03 bits per heavy atom. The molecule has 32 heavy (non-hydrogen) atoms. The number of nitrogens with zero attached hydrogens (tertiary/aromatic N) is 4. The average molecular weight is 447 g/mol. The summed E-state index contributed by atoms with van der Waals surface area (Å²) >= 11 is 0.929. The second-order valence-corrected chi connectivity index (χ2v) is 8.71. The molecule has 1 fully saturated rings. The van der Waals surface area contributed by atoms with Crippen LogP contribution in [0.25, 0.3) is 11.6 Å². The van der Waals surface area contributed by atoms with E-state index in [1.807, 2.05) is 42.5 Å². The number of aliphatic imine (C=N–C) groups is 1. The number of anilines is 1. The van der Waals surface area contributed by atoms with Gasteiger partial charge in [-0.1, -0.05) is 47.7 Å². The van der Waals surface area contributed by atoms with Gasteiger partial charge in [0.1, 0.15) is 6.54 Å². The van der Waals surface area contributed by atoms with Crippen molar-refractivity contribution >= 4 is 46.5 Å². The number of rotatable bonds is 4. The highest BCUT2D eigenvalue weighted by Crippen LogP contribution is 2.34. The highest BCUT2D eigenvalue weighted by atomic mass is 32.1. The number of carbonyl (C=O) groups excluding carboxylic acids is 1. The molecule has 0 aliphatic carbocycles. The number of allylic oxidation sites excluding steroid dienone is 1. The lowest BCUT2D eigenvalue weighted by Gasteiger charge is -2.36. The van der Waals surface area contributed by atoms with Crippen molar-refractivity contribution in [3.8, 4) is 5.88 Å². The maximum absolute atomic E-state index is 12.8. The van der Waals surface area contributed by atoms with E-state index < -0.39 is 0 Å². The number of carbonyl (C=O) groups is 1. The number of piperazine rings is 1. The molecule has 8 heteroatoms. The van der Waals surface area contributed by atoms with Crippen molar-refractivity contribution in [3.63, 3.8) is 0 Å². The van der Waals surface area contributed by atoms with Gasteiger partial charge in [0.25, 0.3) is 0 Å². The molecule has 162 valence electrons. The van der Waals surface area contributed by atoms with E-state index in [1.54, 1.807) is 17.2 Å². The molecule has 0 radical (unpaired) electrons. The Morgan fingerprint density at radius 3 is 2.53 bits per heavy atom. The molecule has 0 saturated carbocycles. The second kappa shape index (κ2) is 8.47. The van der Waals surface area contributed by atoms with Crippen molar-refractivity contribution in [3.05, 3.63) is 74.7 Å². The molecule has 1 N–H and O–H groups in total. The number of hydrogen-bond donors (Lipinski definition) is 1. The van der Waals surface area contributed by atoms with E-state index in [4.69, 9.17) is 0 Å². The summed E-state index contributed by atoms with van der Waals surface area (Å²) in [6.07, 6.45) is 3.46. The summed E-state index contributed by atoms with van der Waals surface area (Å²) in [5, 5.41) is 10.7. The van der Waals surface area contributed by atoms with E-state index in [0.717, 1.165) is 51.5 Å². The topological polar surface area (TPSA) is 78.1 Å². The SMILES string of the molecule is O=C(Cn1c(O)c(/C=C2/C=Nc3ccccc32)sc1=O)N1CCN(c2ccccc2)CC1. The van der Waals surface area contributed by atoms with Crippen LogP contribution in [0, 0.1) is 0 Å². The molecule has 3 heterocycles. The van der Waals surface area contributed by atoms with Crippen molar-refractivity contribution in [2.24, 2.45) is 4.99 Å². The standard InChI is InChI=1S/C24H22N4O3S/c29-22(27-12-10-26(11-13-27)18-6-2-1-3-7-18)16-28-23(30)21(32-24(28)31)14-17-15-25-20-9-5-4-8-19(17)20/h1-9,14-15,30H,10-13,16H2/b17-14-. The third-order valence-electron chi connectivity index (χ3n) is 5.79. The molecule has 2 aliphatic rings. The zero-order valence-corrected chi connectivity index (χ0v) is 18.2. The van der Waals surface area contributed by atoms with E-state index in [-0.39, 0.29) is 23.2 Å². The minimum atomic E-state index is -0.353. The van der Waals surface area contributed by atoms with Crippen molar-refractivity contribution in [2.45, 2.75) is 6.54 Å². The zero-order chi connectivity index (χ0) is 22.1. The van der Waals surface area contributed by atoms with Gasteiger partial charge < -0.3 is 14.9 Å². The highest BCUT2D eigenvalue weighted by Gasteiger charge is 2.24. The van der Waals surface area contributed by atoms with Gasteiger partial charge in [0.05, 0.1) is 10.6 Å². The van der Waals surface area contributed by atoms with Gasteiger partial charge in [-0.25, -0.2) is 0 Å². The Morgan fingerprint density at radius 2 is 1.75 bits per heavy atom. The Hall–Kier alpha value is -3.65. The third-order valence-corrected chi connectivity index (χ3v) is 6.70. The Labute approximate surface area is 189 Å². The van der Waals surface area contributed by atoms with Gasteiger partial charge in [-0.15, -0.1) is 0 Å². The van der Waals surface area contributed by atoms with Crippen molar-refractivity contribution in [1.82, 2.24) is 9.47 Å². The predicted molar refractivity (Wildman–Crippen MR) is 128 cm³/mol. The molecule has 1 amide bonds. The first kappa shape index (κ1) is 20.3. The fourth-order valence-corrected chi connectivity index (χ4v) is 4.87. The summed E-state index contributed by atoms with van der Waals surface area (Å²) < 4.78 is 1.15. The normalized spacial score (nSPS) is 16.6. The minimum absolute atomic E-state index is 0.166. The number of aromatic hydroxyl groups is 1. The number of benzene rings is 2. The molecule has 1 aromatic heterocycles. The summed E-state index contributed by atoms with van der Waals surface area (Å²) in [4.78, 5) is 33.8. The fourth-order valence-electron chi connectivity index (χ4n) is 4.03. The van der Waals surface area contributed by atoms with Crippen molar-refractivity contribution in [2.75, 3.05) is 31.1 Å². The van der Waals surface area contributed by atoms with Gasteiger partial charge in [0.15, 0.2) is 0 Å². The summed E-state index contributed by atoms with van der Waals surface area (Å²) in [5.41, 5.74) is 3.77. The van der Waals surface area contributed by atoms with Crippen LogP contribution in [-0.4, -0.2) is 52.9 Å². The van der Waals surface area contributed by atoms with Gasteiger partial charge in [0.2, 0.25) is 11.8 Å². The molecule has 2 aromatic carbocycles. The Kier molecular flexibility index (Phi) is 5.36. The molecular formula is C24H22N4O3S. The van der Waals surface area contributed by atoms with Crippen LogP contribution in [0.4, 0.5) is 11.4 Å². The van der Waals surface area contributed by atoms with Crippen LogP contribution in [0.15, 0.2) is 64.4 Å². The van der Waals surface area contributed by atoms with Gasteiger partial charge in [-0.2, -0.15) is 0 Å². The average Bonchev–Trinajstić information content (AvgIpc) is 3.36. The lowest BCUT2D eigenvalue weighted by molar-refractivity contribution is -0.132. The Balaban J connectivity index is 1.28. The molecule has 5 rings (SSSR count). The number of hydrogen-bond acceptors (Lipinski definition) is 6. The minimum Gasteiger partial charge on any atom is -0.493 e. The van der Waals surface area contributed by atoms with Crippen LogP contribution in [0.1, 0.15) is 10.4 Å². The number of fused-ring (bicyclic) bond motifs is 1. The largest absolute Gasteiger partial charge is 0.493 e. The first-order valence-corrected chi connectivity index (χ1v) is 11.3. The van der Waals surface area contributed by atoms with Crippen LogP contribution in [0.3, 0.4) is 0 Å². The van der Waals surface area contributed by atoms with Crippen LogP contribution in [0.2, 0.25) is 0 Å². The molecule has 0 unspecified atom stereocenters. The zero-order valence-electron chi connectivity index (χ0n) is 17.3. The lowest BCUT2D eigenvalue weighted by atomic mass is 10.1. The highest BCUT2D eigenvalue weighted by molar-refractivity contribution is 7.10. The summed E-state index contributed by atoms with van der Waals surface area (Å²) in [7, 11) is 0. The summed E-state index contributed by atoms with van der Waals surface area (Å²) in [6.45, 7) is 2.46. The molecule has 7 nitrogen and oxygen atoms in total. The van der Waals surface area contributed by atoms with Crippen LogP contribution in [0.5, 0.6) is 5.88 Å². The van der Waals surface area contributed by atoms with E-state index >= 15 is 0 Å². The quantitative estimate of drug-likeness (QED) is 0.668. The summed E-state index contributed by atoms with van der Waals surface area (Å²) in [6, 6.07) is 17.8. The molecular weight excluding hydrogens is 424 g/mol. The maximum atomic E-state index is 12.8. The molecule has 0 spiro atoms. The monoisotopic (exact) mass is 446 g/mol. The molecule has 0 bridgehead atoms. The number of amides is 1.